The fourth-order valence-electron chi connectivity index (χ4n) is 5.16. The summed E-state index contributed by atoms with van der Waals surface area (Å²) in [6, 6.07) is -1.02. The van der Waals surface area contributed by atoms with Crippen molar-refractivity contribution in [2.45, 2.75) is 97.6 Å². The Labute approximate surface area is 298 Å². The quantitative estimate of drug-likeness (QED) is 0.0751. The van der Waals surface area contributed by atoms with E-state index in [1.807, 2.05) is 39.0 Å². The molecule has 272 valence electrons. The van der Waals surface area contributed by atoms with Gasteiger partial charge in [0.25, 0.3) is 5.91 Å². The zero-order chi connectivity index (χ0) is 35.5. The van der Waals surface area contributed by atoms with Crippen molar-refractivity contribution < 1.29 is 33.4 Å². The molecule has 2 N–H and O–H groups in total. The first-order chi connectivity index (χ1) is 23.0. The number of likely N-dealkylation sites (N-methyl/N-ethyl adjacent to an activating group) is 1. The van der Waals surface area contributed by atoms with Crippen molar-refractivity contribution in [3.8, 4) is 0 Å². The number of nitrogens with one attached hydrogen (secondary N) is 2. The molecule has 48 heavy (non-hydrogen) atoms. The number of esters is 2. The lowest BCUT2D eigenvalue weighted by Gasteiger charge is -2.35. The van der Waals surface area contributed by atoms with Crippen LogP contribution in [0.15, 0.2) is 5.38 Å². The zero-order valence-electron chi connectivity index (χ0n) is 29.4. The molecule has 0 saturated carbocycles. The number of piperidine rings is 1. The van der Waals surface area contributed by atoms with E-state index in [1.54, 1.807) is 33.9 Å². The highest BCUT2D eigenvalue weighted by atomic mass is 33.1. The van der Waals surface area contributed by atoms with Crippen molar-refractivity contribution in [1.29, 1.82) is 0 Å². The van der Waals surface area contributed by atoms with Gasteiger partial charge in [-0.05, 0) is 57.9 Å². The molecule has 0 spiro atoms. The van der Waals surface area contributed by atoms with Gasteiger partial charge in [0.1, 0.15) is 18.3 Å². The molecule has 1 saturated heterocycles. The minimum Gasteiger partial charge on any atom is -0.465 e. The fourth-order valence-corrected chi connectivity index (χ4v) is 7.01. The highest BCUT2D eigenvalue weighted by molar-refractivity contribution is 8.76. The number of aromatic nitrogens is 1. The number of hydrogen-bond donors (Lipinski definition) is 2. The molecule has 1 unspecified atom stereocenters. The van der Waals surface area contributed by atoms with Gasteiger partial charge in [-0.15, -0.1) is 11.3 Å². The summed E-state index contributed by atoms with van der Waals surface area (Å²) < 4.78 is 10.7. The number of hydrogen-bond acceptors (Lipinski definition) is 12. The Hall–Kier alpha value is -2.36. The van der Waals surface area contributed by atoms with Crippen LogP contribution in [0.2, 0.25) is 0 Å². The van der Waals surface area contributed by atoms with Crippen LogP contribution >= 0.6 is 32.9 Å². The van der Waals surface area contributed by atoms with Crippen LogP contribution in [0.3, 0.4) is 0 Å². The summed E-state index contributed by atoms with van der Waals surface area (Å²) in [5.41, 5.74) is 0.299. The van der Waals surface area contributed by atoms with E-state index in [0.717, 1.165) is 36.6 Å². The number of rotatable bonds is 22. The van der Waals surface area contributed by atoms with Gasteiger partial charge in [-0.2, -0.15) is 0 Å². The number of ether oxygens (including phenoxy) is 2. The predicted molar refractivity (Wildman–Crippen MR) is 193 cm³/mol. The van der Waals surface area contributed by atoms with Crippen LogP contribution in [0.1, 0.15) is 94.6 Å². The normalized spacial score (nSPS) is 16.8. The number of thiazole rings is 1. The summed E-state index contributed by atoms with van der Waals surface area (Å²) in [6.45, 7) is 9.21. The van der Waals surface area contributed by atoms with E-state index in [1.165, 1.54) is 16.2 Å². The van der Waals surface area contributed by atoms with Crippen LogP contribution in [0.5, 0.6) is 0 Å². The molecule has 1 aromatic heterocycles. The van der Waals surface area contributed by atoms with Gasteiger partial charge in [-0.1, -0.05) is 62.1 Å². The van der Waals surface area contributed by atoms with Crippen LogP contribution in [0.4, 0.5) is 0 Å². The highest BCUT2D eigenvalue weighted by Gasteiger charge is 2.34. The first kappa shape index (κ1) is 41.8. The van der Waals surface area contributed by atoms with Crippen molar-refractivity contribution in [2.24, 2.45) is 11.8 Å². The molecule has 2 rings (SSSR count). The molecule has 0 radical (unpaired) electrons. The summed E-state index contributed by atoms with van der Waals surface area (Å²) in [7, 11) is 5.19. The molecule has 12 nitrogen and oxygen atoms in total. The summed E-state index contributed by atoms with van der Waals surface area (Å²) in [5.74, 6) is -1.12. The first-order valence-corrected chi connectivity index (χ1v) is 20.6. The van der Waals surface area contributed by atoms with Gasteiger partial charge in [0, 0.05) is 37.1 Å². The molecule has 15 heteroatoms. The minimum atomic E-state index is -0.749. The average Bonchev–Trinajstić information content (AvgIpc) is 3.55. The SMILES string of the molecule is CCCC(=O)OCN(CCCc1nc(C(=O)NCC[C@H](C)C(=O)OCCSSC)cs1)C(=O)[C@@H](NC(=O)[C@H]1CCCCN1C)C(C)CC. The van der Waals surface area contributed by atoms with Gasteiger partial charge in [0.05, 0.1) is 17.0 Å². The number of amides is 3. The molecular formula is C33H55N5O7S3. The number of aryl methyl sites for hydroxylation is 1. The fraction of sp³-hybridized carbons (Fsp3) is 0.758. The molecule has 1 aromatic rings. The van der Waals surface area contributed by atoms with E-state index in [4.69, 9.17) is 9.47 Å². The standard InChI is InChI=1S/C33H55N5O7S3/c1-7-12-28(39)45-22-38(32(42)29(23(3)8-2)36-31(41)26-13-9-10-17-37(26)5)18-11-14-27-35-25(21-47-27)30(40)34-16-15-24(4)33(43)44-19-20-48-46-6/h21,23-24,26,29H,7-20,22H2,1-6H3,(H,34,40)(H,36,41)/t23?,24-,26+,29-/m0/s1. The predicted octanol–water partition coefficient (Wildman–Crippen LogP) is 4.53. The van der Waals surface area contributed by atoms with Crippen molar-refractivity contribution in [2.75, 3.05) is 52.0 Å². The molecule has 1 aliphatic rings. The van der Waals surface area contributed by atoms with Gasteiger partial charge in [0.15, 0.2) is 6.73 Å². The highest BCUT2D eigenvalue weighted by Crippen LogP contribution is 2.19. The van der Waals surface area contributed by atoms with Crippen LogP contribution in [0, 0.1) is 11.8 Å². The largest absolute Gasteiger partial charge is 0.465 e. The van der Waals surface area contributed by atoms with Crippen molar-refractivity contribution in [1.82, 2.24) is 25.4 Å². The summed E-state index contributed by atoms with van der Waals surface area (Å²) in [4.78, 5) is 72.3. The summed E-state index contributed by atoms with van der Waals surface area (Å²) in [6.07, 6.45) is 7.81. The van der Waals surface area contributed by atoms with E-state index in [2.05, 4.69) is 15.6 Å². The Morgan fingerprint density at radius 3 is 2.62 bits per heavy atom. The molecule has 0 aliphatic carbocycles. The van der Waals surface area contributed by atoms with Gasteiger partial charge < -0.3 is 25.0 Å². The van der Waals surface area contributed by atoms with Crippen molar-refractivity contribution >= 4 is 62.6 Å². The van der Waals surface area contributed by atoms with Crippen molar-refractivity contribution in [3.05, 3.63) is 16.1 Å². The minimum absolute atomic E-state index is 0.123. The second-order valence-corrected chi connectivity index (χ2v) is 15.8. The van der Waals surface area contributed by atoms with Crippen LogP contribution < -0.4 is 10.6 Å². The monoisotopic (exact) mass is 729 g/mol. The van der Waals surface area contributed by atoms with E-state index < -0.39 is 6.04 Å². The average molecular weight is 730 g/mol. The number of nitrogens with zero attached hydrogens (tertiary/aromatic N) is 3. The molecule has 0 bridgehead atoms. The molecule has 1 fully saturated rings. The van der Waals surface area contributed by atoms with Gasteiger partial charge in [-0.3, -0.25) is 28.9 Å². The zero-order valence-corrected chi connectivity index (χ0v) is 31.9. The van der Waals surface area contributed by atoms with Gasteiger partial charge >= 0.3 is 11.9 Å². The maximum atomic E-state index is 13.9. The third-order valence-electron chi connectivity index (χ3n) is 8.39. The Balaban J connectivity index is 1.97. The van der Waals surface area contributed by atoms with Gasteiger partial charge in [0.2, 0.25) is 11.8 Å². The van der Waals surface area contributed by atoms with E-state index in [9.17, 15) is 24.0 Å². The van der Waals surface area contributed by atoms with Gasteiger partial charge in [-0.25, -0.2) is 4.98 Å². The topological polar surface area (TPSA) is 147 Å². The molecular weight excluding hydrogens is 675 g/mol. The number of likely N-dealkylation sites (tertiary alicyclic amines) is 1. The van der Waals surface area contributed by atoms with Crippen LogP contribution in [-0.2, 0) is 35.1 Å². The second-order valence-electron chi connectivity index (χ2n) is 12.2. The Kier molecular flexibility index (Phi) is 20.1. The lowest BCUT2D eigenvalue weighted by atomic mass is 9.96. The number of carbonyl (C=O) groups excluding carboxylic acids is 5. The van der Waals surface area contributed by atoms with Crippen LogP contribution in [0.25, 0.3) is 0 Å². The number of carbonyl (C=O) groups is 5. The summed E-state index contributed by atoms with van der Waals surface area (Å²) in [5, 5.41) is 8.29. The maximum Gasteiger partial charge on any atom is 0.308 e. The summed E-state index contributed by atoms with van der Waals surface area (Å²) >= 11 is 1.36. The Bertz CT molecular complexity index is 1170. The lowest BCUT2D eigenvalue weighted by molar-refractivity contribution is -0.155. The smallest absolute Gasteiger partial charge is 0.308 e. The lowest BCUT2D eigenvalue weighted by Crippen LogP contribution is -2.57. The third-order valence-corrected chi connectivity index (χ3v) is 11.1. The first-order valence-electron chi connectivity index (χ1n) is 17.0. The van der Waals surface area contributed by atoms with Crippen LogP contribution in [-0.4, -0.2) is 109 Å². The third kappa shape index (κ3) is 14.6. The van der Waals surface area contributed by atoms with E-state index in [0.29, 0.717) is 50.9 Å². The molecule has 2 heterocycles. The molecule has 0 aromatic carbocycles. The Morgan fingerprint density at radius 1 is 1.17 bits per heavy atom. The second kappa shape index (κ2) is 23.1. The van der Waals surface area contributed by atoms with Crippen molar-refractivity contribution in [3.63, 3.8) is 0 Å². The van der Waals surface area contributed by atoms with E-state index in [-0.39, 0.29) is 67.2 Å². The molecule has 3 amide bonds. The maximum absolute atomic E-state index is 13.9. The Morgan fingerprint density at radius 2 is 1.94 bits per heavy atom. The van der Waals surface area contributed by atoms with E-state index >= 15 is 0 Å². The molecule has 4 atom stereocenters. The molecule has 1 aliphatic heterocycles.